The van der Waals surface area contributed by atoms with Crippen LogP contribution >= 0.6 is 0 Å². The van der Waals surface area contributed by atoms with Gasteiger partial charge in [-0.3, -0.25) is 10.1 Å². The highest BCUT2D eigenvalue weighted by Crippen LogP contribution is 2.61. The van der Waals surface area contributed by atoms with Gasteiger partial charge in [0, 0.05) is 19.2 Å². The molecule has 0 radical (unpaired) electrons. The molecular formula is C15H15F2N7O2. The highest BCUT2D eigenvalue weighted by atomic mass is 19.3. The summed E-state index contributed by atoms with van der Waals surface area (Å²) in [5.74, 6) is -3.31. The molecule has 2 aliphatic heterocycles. The van der Waals surface area contributed by atoms with Gasteiger partial charge in [-0.1, -0.05) is 0 Å². The van der Waals surface area contributed by atoms with E-state index in [1.165, 1.54) is 10.8 Å². The third kappa shape index (κ3) is 2.09. The largest absolute Gasteiger partial charge is 0.350 e. The molecule has 11 heteroatoms. The van der Waals surface area contributed by atoms with Crippen molar-refractivity contribution in [2.24, 2.45) is 5.41 Å². The van der Waals surface area contributed by atoms with Gasteiger partial charge in [0.15, 0.2) is 0 Å². The van der Waals surface area contributed by atoms with E-state index in [9.17, 15) is 18.4 Å². The maximum absolute atomic E-state index is 14.4. The van der Waals surface area contributed by atoms with Crippen LogP contribution in [0.4, 0.5) is 19.4 Å². The summed E-state index contributed by atoms with van der Waals surface area (Å²) in [5, 5.41) is 8.81. The van der Waals surface area contributed by atoms with E-state index in [1.54, 1.807) is 11.0 Å². The average molecular weight is 363 g/mol. The molecule has 1 spiro atoms. The third-order valence-electron chi connectivity index (χ3n) is 5.47. The highest BCUT2D eigenvalue weighted by Gasteiger charge is 2.67. The molecule has 136 valence electrons. The second kappa shape index (κ2) is 4.86. The van der Waals surface area contributed by atoms with Crippen LogP contribution in [0.5, 0.6) is 0 Å². The first-order chi connectivity index (χ1) is 12.4. The van der Waals surface area contributed by atoms with Crippen LogP contribution in [0.2, 0.25) is 0 Å². The molecule has 5 rings (SSSR count). The molecule has 1 atom stereocenters. The van der Waals surface area contributed by atoms with Crippen molar-refractivity contribution in [2.45, 2.75) is 24.7 Å². The summed E-state index contributed by atoms with van der Waals surface area (Å²) in [6, 6.07) is 1.02. The van der Waals surface area contributed by atoms with Crippen LogP contribution in [-0.4, -0.2) is 57.1 Å². The number of halogens is 2. The van der Waals surface area contributed by atoms with E-state index in [2.05, 4.69) is 25.7 Å². The van der Waals surface area contributed by atoms with Crippen LogP contribution in [0.15, 0.2) is 12.4 Å². The van der Waals surface area contributed by atoms with Gasteiger partial charge in [-0.05, 0) is 12.8 Å². The quantitative estimate of drug-likeness (QED) is 0.794. The van der Waals surface area contributed by atoms with Gasteiger partial charge in [0.25, 0.3) is 11.7 Å². The number of nitrogens with zero attached hydrogens (tertiary/aromatic N) is 5. The number of aromatic nitrogens is 4. The Bertz CT molecular complexity index is 933. The number of amides is 3. The SMILES string of the molecule is O=C1NCC(c2cc(N3CC(F)(F)C4(CC4)C3)n3ncnc3n2)C(=O)N1. The number of imide groups is 1. The van der Waals surface area contributed by atoms with Crippen molar-refractivity contribution >= 4 is 23.5 Å². The minimum atomic E-state index is -2.76. The average Bonchev–Trinajstić information content (AvgIpc) is 3.13. The monoisotopic (exact) mass is 363 g/mol. The number of carbonyl (C=O) groups excluding carboxylic acids is 2. The van der Waals surface area contributed by atoms with Crippen LogP contribution in [0.1, 0.15) is 24.5 Å². The van der Waals surface area contributed by atoms with E-state index in [4.69, 9.17) is 0 Å². The molecule has 3 aliphatic rings. The fourth-order valence-electron chi connectivity index (χ4n) is 3.77. The zero-order valence-corrected chi connectivity index (χ0v) is 13.6. The number of nitrogens with one attached hydrogen (secondary N) is 2. The Morgan fingerprint density at radius 2 is 2.04 bits per heavy atom. The van der Waals surface area contributed by atoms with Gasteiger partial charge in [-0.2, -0.15) is 14.6 Å². The summed E-state index contributed by atoms with van der Waals surface area (Å²) < 4.78 is 30.2. The van der Waals surface area contributed by atoms with Crippen molar-refractivity contribution < 1.29 is 18.4 Å². The molecule has 2 aromatic heterocycles. The molecular weight excluding hydrogens is 348 g/mol. The number of urea groups is 1. The van der Waals surface area contributed by atoms with Crippen LogP contribution in [-0.2, 0) is 4.79 Å². The lowest BCUT2D eigenvalue weighted by Gasteiger charge is -2.24. The zero-order valence-electron chi connectivity index (χ0n) is 13.6. The second-order valence-electron chi connectivity index (χ2n) is 7.10. The first-order valence-electron chi connectivity index (χ1n) is 8.31. The first-order valence-corrected chi connectivity index (χ1v) is 8.31. The third-order valence-corrected chi connectivity index (χ3v) is 5.47. The molecule has 0 bridgehead atoms. The van der Waals surface area contributed by atoms with E-state index in [0.29, 0.717) is 24.4 Å². The molecule has 26 heavy (non-hydrogen) atoms. The first kappa shape index (κ1) is 15.4. The number of hydrogen-bond donors (Lipinski definition) is 2. The van der Waals surface area contributed by atoms with Gasteiger partial charge >= 0.3 is 6.03 Å². The minimum Gasteiger partial charge on any atom is -0.350 e. The number of fused-ring (bicyclic) bond motifs is 1. The number of alkyl halides is 2. The summed E-state index contributed by atoms with van der Waals surface area (Å²) in [6.07, 6.45) is 2.30. The van der Waals surface area contributed by atoms with Crippen LogP contribution in [0.25, 0.3) is 5.78 Å². The molecule has 0 aromatic carbocycles. The van der Waals surface area contributed by atoms with Gasteiger partial charge in [-0.25, -0.2) is 18.6 Å². The predicted molar refractivity (Wildman–Crippen MR) is 83.9 cm³/mol. The molecule has 1 saturated carbocycles. The molecule has 3 fully saturated rings. The Kier molecular flexibility index (Phi) is 2.88. The zero-order chi connectivity index (χ0) is 18.1. The maximum Gasteiger partial charge on any atom is 0.321 e. The van der Waals surface area contributed by atoms with E-state index in [1.807, 2.05) is 0 Å². The molecule has 1 aliphatic carbocycles. The number of rotatable bonds is 2. The Morgan fingerprint density at radius 1 is 1.23 bits per heavy atom. The molecule has 2 N–H and O–H groups in total. The lowest BCUT2D eigenvalue weighted by molar-refractivity contribution is -0.122. The number of hydrogen-bond acceptors (Lipinski definition) is 6. The predicted octanol–water partition coefficient (Wildman–Crippen LogP) is 0.283. The van der Waals surface area contributed by atoms with E-state index in [-0.39, 0.29) is 18.9 Å². The fraction of sp³-hybridized carbons (Fsp3) is 0.533. The molecule has 1 unspecified atom stereocenters. The summed E-state index contributed by atoms with van der Waals surface area (Å²) in [6.45, 7) is -0.0907. The Balaban J connectivity index is 1.57. The van der Waals surface area contributed by atoms with E-state index < -0.39 is 35.7 Å². The minimum absolute atomic E-state index is 0.0848. The summed E-state index contributed by atoms with van der Waals surface area (Å²) >= 11 is 0. The number of anilines is 1. The Labute approximate surface area is 145 Å². The summed E-state index contributed by atoms with van der Waals surface area (Å²) in [4.78, 5) is 33.3. The Morgan fingerprint density at radius 3 is 2.73 bits per heavy atom. The normalized spacial score (nSPS) is 26.2. The van der Waals surface area contributed by atoms with E-state index >= 15 is 0 Å². The topological polar surface area (TPSA) is 105 Å². The van der Waals surface area contributed by atoms with Gasteiger partial charge in [-0.15, -0.1) is 0 Å². The molecule has 3 amide bonds. The summed E-state index contributed by atoms with van der Waals surface area (Å²) in [7, 11) is 0. The molecule has 9 nitrogen and oxygen atoms in total. The van der Waals surface area contributed by atoms with Gasteiger partial charge < -0.3 is 10.2 Å². The second-order valence-corrected chi connectivity index (χ2v) is 7.10. The van der Waals surface area contributed by atoms with Crippen LogP contribution in [0, 0.1) is 5.41 Å². The van der Waals surface area contributed by atoms with Crippen LogP contribution in [0.3, 0.4) is 0 Å². The van der Waals surface area contributed by atoms with E-state index in [0.717, 1.165) is 0 Å². The molecule has 2 aromatic rings. The van der Waals surface area contributed by atoms with Crippen molar-refractivity contribution in [1.29, 1.82) is 0 Å². The number of carbonyl (C=O) groups is 2. The van der Waals surface area contributed by atoms with Crippen molar-refractivity contribution in [1.82, 2.24) is 30.2 Å². The van der Waals surface area contributed by atoms with Crippen LogP contribution < -0.4 is 15.5 Å². The fourth-order valence-corrected chi connectivity index (χ4v) is 3.77. The van der Waals surface area contributed by atoms with Gasteiger partial charge in [0.05, 0.1) is 23.6 Å². The van der Waals surface area contributed by atoms with Gasteiger partial charge in [0.2, 0.25) is 5.91 Å². The lowest BCUT2D eigenvalue weighted by atomic mass is 10.0. The smallest absolute Gasteiger partial charge is 0.321 e. The summed E-state index contributed by atoms with van der Waals surface area (Å²) in [5.41, 5.74) is -0.599. The van der Waals surface area contributed by atoms with Gasteiger partial charge in [0.1, 0.15) is 12.1 Å². The maximum atomic E-state index is 14.4. The highest BCUT2D eigenvalue weighted by molar-refractivity contribution is 6.00. The molecule has 4 heterocycles. The van der Waals surface area contributed by atoms with Crippen molar-refractivity contribution in [3.63, 3.8) is 0 Å². The van der Waals surface area contributed by atoms with Crippen molar-refractivity contribution in [3.8, 4) is 0 Å². The molecule has 2 saturated heterocycles. The Hall–Kier alpha value is -2.85. The standard InChI is InChI=1S/C15H15F2N7O2/c16-15(17)6-23(5-14(15)1-2-14)10-3-9(21-12-19-7-20-24(10)12)8-4-18-13(26)22-11(8)25/h3,7-8H,1-2,4-6H2,(H2,18,22,25,26). The lowest BCUT2D eigenvalue weighted by Crippen LogP contribution is -2.51. The van der Waals surface area contributed by atoms with Crippen molar-refractivity contribution in [2.75, 3.05) is 24.5 Å². The van der Waals surface area contributed by atoms with Crippen molar-refractivity contribution in [3.05, 3.63) is 18.1 Å².